The Hall–Kier alpha value is -2.73. The fraction of sp³-hybridized carbons (Fsp3) is 0.304. The Morgan fingerprint density at radius 1 is 0.967 bits per heavy atom. The van der Waals surface area contributed by atoms with Gasteiger partial charge in [0, 0.05) is 23.0 Å². The number of pyridine rings is 1. The van der Waals surface area contributed by atoms with E-state index >= 15 is 0 Å². The third kappa shape index (κ3) is 4.87. The molecule has 0 bridgehead atoms. The van der Waals surface area contributed by atoms with E-state index in [1.54, 1.807) is 0 Å². The third-order valence-electron chi connectivity index (χ3n) is 5.52. The van der Waals surface area contributed by atoms with Crippen molar-refractivity contribution >= 4 is 35.0 Å². The summed E-state index contributed by atoms with van der Waals surface area (Å²) < 4.78 is 26.4. The van der Waals surface area contributed by atoms with Gasteiger partial charge in [-0.15, -0.1) is 12.4 Å². The van der Waals surface area contributed by atoms with E-state index in [1.165, 1.54) is 11.6 Å². The van der Waals surface area contributed by atoms with Crippen LogP contribution >= 0.6 is 12.4 Å². The number of fused-ring (bicyclic) bond motifs is 1. The Morgan fingerprint density at radius 2 is 1.67 bits per heavy atom. The van der Waals surface area contributed by atoms with Gasteiger partial charge in [-0.2, -0.15) is 0 Å². The minimum absolute atomic E-state index is 0. The minimum atomic E-state index is -1.01. The predicted octanol–water partition coefficient (Wildman–Crippen LogP) is 5.40. The van der Waals surface area contributed by atoms with E-state index in [0.717, 1.165) is 54.5 Å². The van der Waals surface area contributed by atoms with Crippen molar-refractivity contribution in [3.63, 3.8) is 0 Å². The lowest BCUT2D eigenvalue weighted by Crippen LogP contribution is -2.40. The summed E-state index contributed by atoms with van der Waals surface area (Å²) in [6, 6.07) is 13.7. The van der Waals surface area contributed by atoms with Crippen LogP contribution in [0.3, 0.4) is 0 Å². The first-order valence-corrected chi connectivity index (χ1v) is 9.88. The molecule has 1 amide bonds. The Balaban J connectivity index is 0.00000256. The monoisotopic (exact) mass is 431 g/mol. The fourth-order valence-corrected chi connectivity index (χ4v) is 3.92. The third-order valence-corrected chi connectivity index (χ3v) is 5.52. The van der Waals surface area contributed by atoms with Gasteiger partial charge in [0.1, 0.15) is 5.82 Å². The van der Waals surface area contributed by atoms with Gasteiger partial charge in [-0.05, 0) is 68.5 Å². The number of hydrogen-bond acceptors (Lipinski definition) is 3. The average Bonchev–Trinajstić information content (AvgIpc) is 2.71. The summed E-state index contributed by atoms with van der Waals surface area (Å²) >= 11 is 0. The summed E-state index contributed by atoms with van der Waals surface area (Å²) in [4.78, 5) is 17.0. The molecule has 7 heteroatoms. The van der Waals surface area contributed by atoms with Gasteiger partial charge < -0.3 is 10.6 Å². The van der Waals surface area contributed by atoms with Crippen LogP contribution in [-0.2, 0) is 0 Å². The summed E-state index contributed by atoms with van der Waals surface area (Å²) in [5, 5.41) is 7.60. The highest BCUT2D eigenvalue weighted by Gasteiger charge is 2.23. The highest BCUT2D eigenvalue weighted by molar-refractivity contribution is 5.94. The zero-order chi connectivity index (χ0) is 20.4. The number of para-hydroxylation sites is 1. The number of hydrogen-bond donors (Lipinski definition) is 2. The number of benzene rings is 2. The molecule has 4 rings (SSSR count). The molecule has 0 atom stereocenters. The number of rotatable bonds is 4. The molecule has 158 valence electrons. The highest BCUT2D eigenvalue weighted by atomic mass is 35.5. The first kappa shape index (κ1) is 22.0. The molecule has 0 spiro atoms. The Labute approximate surface area is 180 Å². The number of carbonyl (C=O) groups excluding carboxylic acids is 1. The minimum Gasteiger partial charge on any atom is -0.367 e. The number of nitrogens with one attached hydrogen (secondary N) is 2. The largest absolute Gasteiger partial charge is 0.367 e. The normalized spacial score (nSPS) is 18.5. The van der Waals surface area contributed by atoms with Crippen molar-refractivity contribution in [2.24, 2.45) is 0 Å². The van der Waals surface area contributed by atoms with Gasteiger partial charge in [-0.3, -0.25) is 4.79 Å². The number of aromatic nitrogens is 1. The molecule has 0 saturated heterocycles. The molecule has 2 aromatic carbocycles. The van der Waals surface area contributed by atoms with Crippen LogP contribution in [0, 0.1) is 18.6 Å². The van der Waals surface area contributed by atoms with E-state index < -0.39 is 11.6 Å². The molecule has 2 N–H and O–H groups in total. The molecule has 4 nitrogen and oxygen atoms in total. The number of aryl methyl sites for hydroxylation is 1. The zero-order valence-corrected chi connectivity index (χ0v) is 17.4. The standard InChI is InChI=1S/C23H23F2N3O.ClH/c1-14-12-22(28-21-5-3-2-4-18(14)21)26-16-7-9-17(10-8-16)27-23(29)15-6-11-19(24)20(25)13-15;/h2-6,11-13,16-17H,7-10H2,1H3,(H,26,28)(H,27,29);1H. The van der Waals surface area contributed by atoms with E-state index in [-0.39, 0.29) is 29.9 Å². The number of carbonyl (C=O) groups is 1. The number of nitrogens with zero attached hydrogens (tertiary/aromatic N) is 1. The lowest BCUT2D eigenvalue weighted by Gasteiger charge is -2.30. The van der Waals surface area contributed by atoms with Gasteiger partial charge in [0.05, 0.1) is 5.52 Å². The van der Waals surface area contributed by atoms with E-state index in [9.17, 15) is 13.6 Å². The van der Waals surface area contributed by atoms with Crippen LogP contribution in [0.1, 0.15) is 41.6 Å². The second-order valence-corrected chi connectivity index (χ2v) is 7.64. The summed E-state index contributed by atoms with van der Waals surface area (Å²) in [5.41, 5.74) is 2.30. The SMILES string of the molecule is Cc1cc(NC2CCC(NC(=O)c3ccc(F)c(F)c3)CC2)nc2ccccc12.Cl. The van der Waals surface area contributed by atoms with Crippen molar-refractivity contribution in [1.82, 2.24) is 10.3 Å². The maximum Gasteiger partial charge on any atom is 0.251 e. The van der Waals surface area contributed by atoms with Crippen molar-refractivity contribution in [3.8, 4) is 0 Å². The quantitative estimate of drug-likeness (QED) is 0.581. The Morgan fingerprint density at radius 3 is 2.40 bits per heavy atom. The highest BCUT2D eigenvalue weighted by Crippen LogP contribution is 2.25. The molecule has 1 aliphatic carbocycles. The fourth-order valence-electron chi connectivity index (χ4n) is 3.92. The van der Waals surface area contributed by atoms with Crippen molar-refractivity contribution in [2.45, 2.75) is 44.7 Å². The number of halogens is 3. The maximum absolute atomic E-state index is 13.3. The molecular formula is C23H24ClF2N3O. The van der Waals surface area contributed by atoms with Crippen molar-refractivity contribution in [3.05, 3.63) is 71.3 Å². The Bertz CT molecular complexity index is 1050. The van der Waals surface area contributed by atoms with Gasteiger partial charge in [0.25, 0.3) is 5.91 Å². The smallest absolute Gasteiger partial charge is 0.251 e. The lowest BCUT2D eigenvalue weighted by molar-refractivity contribution is 0.0926. The first-order valence-electron chi connectivity index (χ1n) is 9.88. The van der Waals surface area contributed by atoms with Gasteiger partial charge in [0.2, 0.25) is 0 Å². The molecule has 3 aromatic rings. The Kier molecular flexibility index (Phi) is 6.87. The maximum atomic E-state index is 13.3. The molecule has 1 aromatic heterocycles. The molecule has 0 radical (unpaired) electrons. The van der Waals surface area contributed by atoms with E-state index in [1.807, 2.05) is 18.2 Å². The van der Waals surface area contributed by atoms with Crippen molar-refractivity contribution in [1.29, 1.82) is 0 Å². The van der Waals surface area contributed by atoms with Gasteiger partial charge in [0.15, 0.2) is 11.6 Å². The van der Waals surface area contributed by atoms with Gasteiger partial charge in [-0.1, -0.05) is 18.2 Å². The summed E-state index contributed by atoms with van der Waals surface area (Å²) in [5.74, 6) is -1.46. The van der Waals surface area contributed by atoms with Crippen LogP contribution < -0.4 is 10.6 Å². The summed E-state index contributed by atoms with van der Waals surface area (Å²) in [6.07, 6.45) is 3.44. The topological polar surface area (TPSA) is 54.0 Å². The van der Waals surface area contributed by atoms with Crippen LogP contribution in [0.5, 0.6) is 0 Å². The van der Waals surface area contributed by atoms with Crippen molar-refractivity contribution < 1.29 is 13.6 Å². The van der Waals surface area contributed by atoms with Crippen LogP contribution in [-0.4, -0.2) is 23.0 Å². The molecular weight excluding hydrogens is 408 g/mol. The zero-order valence-electron chi connectivity index (χ0n) is 16.6. The number of anilines is 1. The van der Waals surface area contributed by atoms with Crippen LogP contribution in [0.2, 0.25) is 0 Å². The van der Waals surface area contributed by atoms with E-state index in [2.05, 4.69) is 29.7 Å². The number of amides is 1. The van der Waals surface area contributed by atoms with Crippen LogP contribution in [0.15, 0.2) is 48.5 Å². The molecule has 1 saturated carbocycles. The van der Waals surface area contributed by atoms with Crippen LogP contribution in [0.4, 0.5) is 14.6 Å². The van der Waals surface area contributed by atoms with Crippen molar-refractivity contribution in [2.75, 3.05) is 5.32 Å². The molecule has 0 unspecified atom stereocenters. The summed E-state index contributed by atoms with van der Waals surface area (Å²) in [6.45, 7) is 2.08. The molecule has 1 heterocycles. The van der Waals surface area contributed by atoms with Crippen LogP contribution in [0.25, 0.3) is 10.9 Å². The molecule has 30 heavy (non-hydrogen) atoms. The average molecular weight is 432 g/mol. The van der Waals surface area contributed by atoms with E-state index in [4.69, 9.17) is 4.98 Å². The predicted molar refractivity (Wildman–Crippen MR) is 117 cm³/mol. The molecule has 1 fully saturated rings. The lowest BCUT2D eigenvalue weighted by atomic mass is 9.91. The molecule has 1 aliphatic rings. The first-order chi connectivity index (χ1) is 14.0. The van der Waals surface area contributed by atoms with Gasteiger partial charge >= 0.3 is 0 Å². The second kappa shape index (κ2) is 9.39. The molecule has 0 aliphatic heterocycles. The van der Waals surface area contributed by atoms with Gasteiger partial charge in [-0.25, -0.2) is 13.8 Å². The second-order valence-electron chi connectivity index (χ2n) is 7.64. The summed E-state index contributed by atoms with van der Waals surface area (Å²) in [7, 11) is 0. The van der Waals surface area contributed by atoms with E-state index in [0.29, 0.717) is 6.04 Å².